The number of anilines is 1. The summed E-state index contributed by atoms with van der Waals surface area (Å²) in [4.78, 5) is 19.3. The number of alkyl halides is 3. The quantitative estimate of drug-likeness (QED) is 0.850. The van der Waals surface area contributed by atoms with Crippen molar-refractivity contribution < 1.29 is 22.7 Å². The van der Waals surface area contributed by atoms with Crippen molar-refractivity contribution >= 4 is 32.8 Å². The summed E-state index contributed by atoms with van der Waals surface area (Å²) >= 11 is 1.17. The second-order valence-corrected chi connectivity index (χ2v) is 5.17. The number of aromatic nitrogens is 2. The van der Waals surface area contributed by atoms with Crippen LogP contribution in [0.15, 0.2) is 30.1 Å². The molecule has 22 heavy (non-hydrogen) atoms. The van der Waals surface area contributed by atoms with Gasteiger partial charge in [0.25, 0.3) is 0 Å². The zero-order valence-electron chi connectivity index (χ0n) is 11.5. The SMILES string of the molecule is CCOC(=O)C/C(=C/Nc1nc2ncccc2s1)C(F)(F)F. The van der Waals surface area contributed by atoms with E-state index in [0.717, 1.165) is 10.9 Å². The zero-order chi connectivity index (χ0) is 16.2. The molecule has 0 fully saturated rings. The molecule has 0 aromatic carbocycles. The molecule has 0 aliphatic carbocycles. The predicted octanol–water partition coefficient (Wildman–Crippen LogP) is 3.50. The van der Waals surface area contributed by atoms with Gasteiger partial charge >= 0.3 is 12.1 Å². The molecule has 2 aromatic rings. The third kappa shape index (κ3) is 4.17. The molecule has 0 aliphatic rings. The number of pyridine rings is 1. The van der Waals surface area contributed by atoms with E-state index in [0.29, 0.717) is 5.65 Å². The zero-order valence-corrected chi connectivity index (χ0v) is 12.3. The first kappa shape index (κ1) is 16.2. The van der Waals surface area contributed by atoms with Crippen LogP contribution in [0, 0.1) is 0 Å². The first-order valence-electron chi connectivity index (χ1n) is 6.30. The molecule has 0 amide bonds. The molecule has 0 radical (unpaired) electrons. The Morgan fingerprint density at radius 1 is 1.50 bits per heavy atom. The lowest BCUT2D eigenvalue weighted by molar-refractivity contribution is -0.145. The fraction of sp³-hybridized carbons (Fsp3) is 0.308. The van der Waals surface area contributed by atoms with E-state index < -0.39 is 24.1 Å². The number of fused-ring (bicyclic) bond motifs is 1. The van der Waals surface area contributed by atoms with Crippen LogP contribution in [-0.4, -0.2) is 28.7 Å². The van der Waals surface area contributed by atoms with E-state index in [1.54, 1.807) is 18.3 Å². The van der Waals surface area contributed by atoms with Gasteiger partial charge in [-0.05, 0) is 19.1 Å². The maximum absolute atomic E-state index is 12.9. The smallest absolute Gasteiger partial charge is 0.414 e. The lowest BCUT2D eigenvalue weighted by Gasteiger charge is -2.11. The molecule has 2 rings (SSSR count). The van der Waals surface area contributed by atoms with Gasteiger partial charge in [-0.1, -0.05) is 11.3 Å². The van der Waals surface area contributed by atoms with E-state index in [9.17, 15) is 18.0 Å². The Hall–Kier alpha value is -2.16. The van der Waals surface area contributed by atoms with Gasteiger partial charge in [-0.2, -0.15) is 18.2 Å². The molecule has 1 N–H and O–H groups in total. The minimum atomic E-state index is -4.63. The minimum Gasteiger partial charge on any atom is -0.466 e. The van der Waals surface area contributed by atoms with Gasteiger partial charge in [0.2, 0.25) is 0 Å². The Bertz CT molecular complexity index is 664. The standard InChI is InChI=1S/C13H12F3N3O2S/c1-2-21-10(20)6-8(13(14,15)16)7-18-12-19-11-9(22-12)4-3-5-17-11/h3-5,7H,2,6H2,1H3,(H,17,18,19)/b8-7-. The molecule has 0 saturated carbocycles. The monoisotopic (exact) mass is 331 g/mol. The Balaban J connectivity index is 2.16. The topological polar surface area (TPSA) is 64.1 Å². The number of hydrogen-bond acceptors (Lipinski definition) is 6. The average Bonchev–Trinajstić information content (AvgIpc) is 2.85. The molecular formula is C13H12F3N3O2S. The van der Waals surface area contributed by atoms with Crippen molar-refractivity contribution in [1.82, 2.24) is 9.97 Å². The van der Waals surface area contributed by atoms with E-state index in [1.165, 1.54) is 18.3 Å². The van der Waals surface area contributed by atoms with Gasteiger partial charge in [-0.25, -0.2) is 4.98 Å². The first-order chi connectivity index (χ1) is 10.4. The van der Waals surface area contributed by atoms with Gasteiger partial charge in [-0.15, -0.1) is 0 Å². The molecule has 0 aliphatic heterocycles. The number of nitrogens with one attached hydrogen (secondary N) is 1. The van der Waals surface area contributed by atoms with Crippen LogP contribution in [0.25, 0.3) is 10.3 Å². The van der Waals surface area contributed by atoms with Crippen molar-refractivity contribution in [3.05, 3.63) is 30.1 Å². The van der Waals surface area contributed by atoms with Gasteiger partial charge < -0.3 is 10.1 Å². The largest absolute Gasteiger partial charge is 0.466 e. The molecular weight excluding hydrogens is 319 g/mol. The summed E-state index contributed by atoms with van der Waals surface area (Å²) in [7, 11) is 0. The average molecular weight is 331 g/mol. The Labute approximate surface area is 127 Å². The number of halogens is 3. The van der Waals surface area contributed by atoms with Crippen LogP contribution in [-0.2, 0) is 9.53 Å². The molecule has 0 unspecified atom stereocenters. The maximum atomic E-state index is 12.9. The fourth-order valence-electron chi connectivity index (χ4n) is 1.58. The van der Waals surface area contributed by atoms with E-state index >= 15 is 0 Å². The lowest BCUT2D eigenvalue weighted by atomic mass is 10.2. The molecule has 2 aromatic heterocycles. The highest BCUT2D eigenvalue weighted by atomic mass is 32.1. The first-order valence-corrected chi connectivity index (χ1v) is 7.11. The van der Waals surface area contributed by atoms with Crippen molar-refractivity contribution in [2.24, 2.45) is 0 Å². The normalized spacial score (nSPS) is 12.5. The van der Waals surface area contributed by atoms with E-state index in [2.05, 4.69) is 20.0 Å². The van der Waals surface area contributed by atoms with Crippen molar-refractivity contribution in [3.8, 4) is 0 Å². The highest BCUT2D eigenvalue weighted by Gasteiger charge is 2.35. The van der Waals surface area contributed by atoms with E-state index in [4.69, 9.17) is 0 Å². The summed E-state index contributed by atoms with van der Waals surface area (Å²) in [6.07, 6.45) is -3.21. The van der Waals surface area contributed by atoms with E-state index in [1.807, 2.05) is 0 Å². The summed E-state index contributed by atoms with van der Waals surface area (Å²) in [5, 5.41) is 2.73. The Kier molecular flexibility index (Phi) is 4.96. The van der Waals surface area contributed by atoms with E-state index in [-0.39, 0.29) is 11.7 Å². The molecule has 9 heteroatoms. The third-order valence-electron chi connectivity index (χ3n) is 2.54. The molecule has 0 saturated heterocycles. The summed E-state index contributed by atoms with van der Waals surface area (Å²) < 4.78 is 43.9. The van der Waals surface area contributed by atoms with Gasteiger partial charge in [0.1, 0.15) is 0 Å². The number of rotatable bonds is 5. The molecule has 118 valence electrons. The number of carbonyl (C=O) groups is 1. The van der Waals surface area contributed by atoms with Crippen LogP contribution >= 0.6 is 11.3 Å². The Morgan fingerprint density at radius 2 is 2.27 bits per heavy atom. The van der Waals surface area contributed by atoms with Crippen LogP contribution < -0.4 is 5.32 Å². The second kappa shape index (κ2) is 6.73. The maximum Gasteiger partial charge on any atom is 0.414 e. The molecule has 5 nitrogen and oxygen atoms in total. The molecule has 2 heterocycles. The van der Waals surface area contributed by atoms with Crippen molar-refractivity contribution in [2.75, 3.05) is 11.9 Å². The molecule has 0 atom stereocenters. The number of nitrogens with zero attached hydrogens (tertiary/aromatic N) is 2. The second-order valence-electron chi connectivity index (χ2n) is 4.14. The van der Waals surface area contributed by atoms with Crippen LogP contribution in [0.3, 0.4) is 0 Å². The van der Waals surface area contributed by atoms with Gasteiger partial charge in [0.05, 0.1) is 23.3 Å². The van der Waals surface area contributed by atoms with Crippen LogP contribution in [0.4, 0.5) is 18.3 Å². The highest BCUT2D eigenvalue weighted by Crippen LogP contribution is 2.29. The summed E-state index contributed by atoms with van der Waals surface area (Å²) in [5.41, 5.74) is -0.583. The number of carbonyl (C=O) groups excluding carboxylic acids is 1. The number of thiazole rings is 1. The lowest BCUT2D eigenvalue weighted by Crippen LogP contribution is -2.18. The molecule has 0 bridgehead atoms. The highest BCUT2D eigenvalue weighted by molar-refractivity contribution is 7.22. The van der Waals surface area contributed by atoms with Crippen LogP contribution in [0.1, 0.15) is 13.3 Å². The van der Waals surface area contributed by atoms with Crippen LogP contribution in [0.5, 0.6) is 0 Å². The van der Waals surface area contributed by atoms with Crippen molar-refractivity contribution in [3.63, 3.8) is 0 Å². The van der Waals surface area contributed by atoms with Crippen LogP contribution in [0.2, 0.25) is 0 Å². The molecule has 0 spiro atoms. The number of ether oxygens (including phenoxy) is 1. The number of hydrogen-bond donors (Lipinski definition) is 1. The van der Waals surface area contributed by atoms with Crippen molar-refractivity contribution in [2.45, 2.75) is 19.5 Å². The summed E-state index contributed by atoms with van der Waals surface area (Å²) in [5.74, 6) is -0.932. The van der Waals surface area contributed by atoms with Gasteiger partial charge in [0, 0.05) is 12.4 Å². The predicted molar refractivity (Wildman–Crippen MR) is 76.4 cm³/mol. The summed E-state index contributed by atoms with van der Waals surface area (Å²) in [6.45, 7) is 1.56. The van der Waals surface area contributed by atoms with Crippen molar-refractivity contribution in [1.29, 1.82) is 0 Å². The Morgan fingerprint density at radius 3 is 2.91 bits per heavy atom. The minimum absolute atomic E-state index is 0.0287. The number of esters is 1. The van der Waals surface area contributed by atoms with Gasteiger partial charge in [-0.3, -0.25) is 4.79 Å². The third-order valence-corrected chi connectivity index (χ3v) is 3.48. The van der Waals surface area contributed by atoms with Gasteiger partial charge in [0.15, 0.2) is 10.8 Å². The summed E-state index contributed by atoms with van der Waals surface area (Å²) in [6, 6.07) is 3.47. The fourth-order valence-corrected chi connectivity index (χ4v) is 2.37.